The van der Waals surface area contributed by atoms with Gasteiger partial charge >= 0.3 is 5.97 Å². The van der Waals surface area contributed by atoms with Crippen LogP contribution in [0, 0.1) is 19.8 Å². The Bertz CT molecular complexity index is 1500. The minimum atomic E-state index is -0.983. The van der Waals surface area contributed by atoms with Crippen LogP contribution < -0.4 is 9.75 Å². The second-order valence-corrected chi connectivity index (χ2v) is 11.5. The molecular weight excluding hydrogens is 544 g/mol. The zero-order chi connectivity index (χ0) is 29.9. The quantitative estimate of drug-likeness (QED) is 0.360. The Morgan fingerprint density at radius 3 is 2.79 bits per heavy atom. The molecule has 3 atom stereocenters. The van der Waals surface area contributed by atoms with Crippen LogP contribution in [-0.2, 0) is 33.8 Å². The largest absolute Gasteiger partial charge is 0.488 e. The maximum absolute atomic E-state index is 11.8. The van der Waals surface area contributed by atoms with Gasteiger partial charge in [-0.25, -0.2) is 9.99 Å². The van der Waals surface area contributed by atoms with Crippen molar-refractivity contribution in [1.82, 2.24) is 9.88 Å². The first kappa shape index (κ1) is 29.3. The lowest BCUT2D eigenvalue weighted by Gasteiger charge is -2.38. The normalized spacial score (nSPS) is 22.0. The van der Waals surface area contributed by atoms with Gasteiger partial charge < -0.3 is 19.3 Å². The number of aliphatic carboxylic acids is 1. The third kappa shape index (κ3) is 6.02. The number of carboxylic acid groups (broad SMARTS) is 1. The molecule has 2 unspecified atom stereocenters. The molecule has 2 aromatic carbocycles. The van der Waals surface area contributed by atoms with Gasteiger partial charge in [-0.3, -0.25) is 9.69 Å². The summed E-state index contributed by atoms with van der Waals surface area (Å²) in [5, 5.41) is 15.5. The number of fused-ring (bicyclic) bond motifs is 1. The number of aromatic nitrogens is 1. The molecule has 0 spiro atoms. The van der Waals surface area contributed by atoms with Gasteiger partial charge in [-0.05, 0) is 86.1 Å². The molecule has 43 heavy (non-hydrogen) atoms. The van der Waals surface area contributed by atoms with Crippen molar-refractivity contribution in [3.05, 3.63) is 76.3 Å². The molecule has 0 amide bonds. The molecule has 1 N–H and O–H groups in total. The fourth-order valence-corrected chi connectivity index (χ4v) is 6.44. The highest BCUT2D eigenvalue weighted by Crippen LogP contribution is 2.35. The van der Waals surface area contributed by atoms with E-state index in [-0.39, 0.29) is 0 Å². The SMILES string of the molecule is CCOC1C(C(=O)O)C=NN1c1cccc(-c2cccc(C)c2OCc2ccc3c(c2C)CCN([C@H]2CCCOC2)C3)n1. The van der Waals surface area contributed by atoms with Crippen LogP contribution in [-0.4, -0.2) is 65.8 Å². The molecule has 0 saturated carbocycles. The van der Waals surface area contributed by atoms with Crippen LogP contribution in [0.25, 0.3) is 11.3 Å². The van der Waals surface area contributed by atoms with Gasteiger partial charge in [-0.2, -0.15) is 5.10 Å². The smallest absolute Gasteiger partial charge is 0.316 e. The number of para-hydroxylation sites is 1. The number of ether oxygens (including phenoxy) is 3. The Morgan fingerprint density at radius 2 is 2.00 bits per heavy atom. The minimum absolute atomic E-state index is 0.361. The number of hydrazone groups is 1. The molecule has 1 fully saturated rings. The van der Waals surface area contributed by atoms with Gasteiger partial charge in [0.25, 0.3) is 0 Å². The second-order valence-electron chi connectivity index (χ2n) is 11.5. The number of rotatable bonds is 9. The number of anilines is 1. The molecule has 9 heteroatoms. The van der Waals surface area contributed by atoms with Crippen molar-refractivity contribution in [3.8, 4) is 17.0 Å². The second kappa shape index (κ2) is 12.8. The van der Waals surface area contributed by atoms with E-state index < -0.39 is 18.1 Å². The first-order valence-electron chi connectivity index (χ1n) is 15.2. The van der Waals surface area contributed by atoms with Crippen LogP contribution >= 0.6 is 0 Å². The molecule has 4 heterocycles. The van der Waals surface area contributed by atoms with E-state index in [1.165, 1.54) is 34.9 Å². The summed E-state index contributed by atoms with van der Waals surface area (Å²) in [5.74, 6) is -0.554. The monoisotopic (exact) mass is 584 g/mol. The first-order valence-corrected chi connectivity index (χ1v) is 15.2. The lowest BCUT2D eigenvalue weighted by Crippen LogP contribution is -2.44. The maximum Gasteiger partial charge on any atom is 0.316 e. The Morgan fingerprint density at radius 1 is 1.14 bits per heavy atom. The molecule has 3 aliphatic heterocycles. The molecule has 0 aliphatic carbocycles. The molecule has 3 aliphatic rings. The van der Waals surface area contributed by atoms with Crippen LogP contribution in [0.5, 0.6) is 5.75 Å². The minimum Gasteiger partial charge on any atom is -0.488 e. The average Bonchev–Trinajstić information content (AvgIpc) is 3.46. The lowest BCUT2D eigenvalue weighted by atomic mass is 9.91. The van der Waals surface area contributed by atoms with Crippen LogP contribution in [0.1, 0.15) is 47.6 Å². The van der Waals surface area contributed by atoms with Crippen LogP contribution in [0.3, 0.4) is 0 Å². The zero-order valence-electron chi connectivity index (χ0n) is 25.2. The number of pyridine rings is 1. The van der Waals surface area contributed by atoms with Crippen molar-refractivity contribution in [3.63, 3.8) is 0 Å². The van der Waals surface area contributed by atoms with E-state index >= 15 is 0 Å². The van der Waals surface area contributed by atoms with Gasteiger partial charge in [0.05, 0.1) is 12.3 Å². The maximum atomic E-state index is 11.8. The number of hydrogen-bond acceptors (Lipinski definition) is 8. The summed E-state index contributed by atoms with van der Waals surface area (Å²) >= 11 is 0. The molecule has 0 bridgehead atoms. The number of hydrogen-bond donors (Lipinski definition) is 1. The van der Waals surface area contributed by atoms with Crippen molar-refractivity contribution < 1.29 is 24.1 Å². The summed E-state index contributed by atoms with van der Waals surface area (Å²) in [6, 6.07) is 16.7. The van der Waals surface area contributed by atoms with Gasteiger partial charge in [0.15, 0.2) is 12.0 Å². The van der Waals surface area contributed by atoms with Gasteiger partial charge in [-0.15, -0.1) is 0 Å². The summed E-state index contributed by atoms with van der Waals surface area (Å²) in [6.45, 7) is 10.7. The fourth-order valence-electron chi connectivity index (χ4n) is 6.44. The Hall–Kier alpha value is -3.79. The van der Waals surface area contributed by atoms with Gasteiger partial charge in [-0.1, -0.05) is 30.3 Å². The predicted molar refractivity (Wildman–Crippen MR) is 165 cm³/mol. The standard InChI is InChI=1S/C34H40N4O5/c1-4-42-33-29(34(39)40)18-35-38(33)31-12-6-11-30(36-31)28-10-5-8-22(2)32(28)43-20-25-14-13-24-19-37(16-15-27(24)23(25)3)26-9-7-17-41-21-26/h5-6,8,10-14,18,26,29,33H,4,7,9,15-17,19-21H2,1-3H3,(H,39,40)/t26-,29?,33?/m0/s1. The number of aryl methyl sites for hydroxylation is 1. The predicted octanol–water partition coefficient (Wildman–Crippen LogP) is 5.35. The molecule has 1 aromatic heterocycles. The van der Waals surface area contributed by atoms with Crippen LogP contribution in [0.2, 0.25) is 0 Å². The summed E-state index contributed by atoms with van der Waals surface area (Å²) in [7, 11) is 0. The highest BCUT2D eigenvalue weighted by molar-refractivity contribution is 5.92. The van der Waals surface area contributed by atoms with E-state index in [0.29, 0.717) is 25.1 Å². The summed E-state index contributed by atoms with van der Waals surface area (Å²) < 4.78 is 18.1. The van der Waals surface area contributed by atoms with Gasteiger partial charge in [0, 0.05) is 44.1 Å². The number of carboxylic acids is 1. The average molecular weight is 585 g/mol. The van der Waals surface area contributed by atoms with Crippen LogP contribution in [0.4, 0.5) is 5.82 Å². The van der Waals surface area contributed by atoms with E-state index in [1.807, 2.05) is 50.2 Å². The number of nitrogens with zero attached hydrogens (tertiary/aromatic N) is 4. The summed E-state index contributed by atoms with van der Waals surface area (Å²) in [6.07, 6.45) is 4.06. The summed E-state index contributed by atoms with van der Waals surface area (Å²) in [4.78, 5) is 19.2. The Balaban J connectivity index is 1.21. The van der Waals surface area contributed by atoms with E-state index in [2.05, 4.69) is 29.1 Å². The number of carbonyl (C=O) groups is 1. The van der Waals surface area contributed by atoms with Crippen molar-refractivity contribution in [2.75, 3.05) is 31.4 Å². The van der Waals surface area contributed by atoms with Crippen molar-refractivity contribution in [2.24, 2.45) is 11.0 Å². The van der Waals surface area contributed by atoms with Gasteiger partial charge in [0.2, 0.25) is 0 Å². The van der Waals surface area contributed by atoms with Gasteiger partial charge in [0.1, 0.15) is 18.3 Å². The van der Waals surface area contributed by atoms with E-state index in [4.69, 9.17) is 19.2 Å². The van der Waals surface area contributed by atoms with E-state index in [9.17, 15) is 9.90 Å². The highest BCUT2D eigenvalue weighted by atomic mass is 16.5. The van der Waals surface area contributed by atoms with Crippen molar-refractivity contribution in [2.45, 2.75) is 65.5 Å². The van der Waals surface area contributed by atoms with E-state index in [1.54, 1.807) is 5.01 Å². The Labute approximate surface area is 253 Å². The zero-order valence-corrected chi connectivity index (χ0v) is 25.2. The Kier molecular flexibility index (Phi) is 8.74. The topological polar surface area (TPSA) is 96.7 Å². The van der Waals surface area contributed by atoms with Crippen molar-refractivity contribution >= 4 is 18.0 Å². The molecule has 1 saturated heterocycles. The molecule has 0 radical (unpaired) electrons. The molecule has 3 aromatic rings. The molecule has 6 rings (SSSR count). The first-order chi connectivity index (χ1) is 20.9. The fraction of sp³-hybridized carbons (Fsp3) is 0.441. The summed E-state index contributed by atoms with van der Waals surface area (Å²) in [5.41, 5.74) is 7.97. The highest BCUT2D eigenvalue weighted by Gasteiger charge is 2.38. The van der Waals surface area contributed by atoms with Crippen LogP contribution in [0.15, 0.2) is 53.6 Å². The number of benzene rings is 2. The molecular formula is C34H40N4O5. The lowest BCUT2D eigenvalue weighted by molar-refractivity contribution is -0.143. The molecule has 9 nitrogen and oxygen atoms in total. The van der Waals surface area contributed by atoms with E-state index in [0.717, 1.165) is 61.7 Å². The molecule has 226 valence electrons. The van der Waals surface area contributed by atoms with Crippen molar-refractivity contribution in [1.29, 1.82) is 0 Å². The third-order valence-electron chi connectivity index (χ3n) is 8.83. The third-order valence-corrected chi connectivity index (χ3v) is 8.83.